The van der Waals surface area contributed by atoms with Gasteiger partial charge in [-0.05, 0) is 42.1 Å². The number of fused-ring (bicyclic) bond motifs is 1. The lowest BCUT2D eigenvalue weighted by molar-refractivity contribution is -0.385. The van der Waals surface area contributed by atoms with E-state index in [0.29, 0.717) is 31.8 Å². The second-order valence-corrected chi connectivity index (χ2v) is 7.11. The first-order chi connectivity index (χ1) is 13.5. The summed E-state index contributed by atoms with van der Waals surface area (Å²) in [7, 11) is 0. The number of para-hydroxylation sites is 2. The van der Waals surface area contributed by atoms with Gasteiger partial charge in [-0.2, -0.15) is 0 Å². The number of hydrogen-bond acceptors (Lipinski definition) is 6. The van der Waals surface area contributed by atoms with E-state index in [-0.39, 0.29) is 11.2 Å². The van der Waals surface area contributed by atoms with E-state index in [1.54, 1.807) is 48.5 Å². The Labute approximate surface area is 167 Å². The van der Waals surface area contributed by atoms with Gasteiger partial charge in [-0.1, -0.05) is 35.9 Å². The van der Waals surface area contributed by atoms with Gasteiger partial charge in [-0.15, -0.1) is 0 Å². The van der Waals surface area contributed by atoms with Gasteiger partial charge in [0.05, 0.1) is 26.5 Å². The third-order valence-electron chi connectivity index (χ3n) is 3.97. The predicted molar refractivity (Wildman–Crippen MR) is 107 cm³/mol. The van der Waals surface area contributed by atoms with E-state index < -0.39 is 4.92 Å². The highest BCUT2D eigenvalue weighted by Crippen LogP contribution is 2.30. The Morgan fingerprint density at radius 1 is 1.04 bits per heavy atom. The molecule has 0 radical (unpaired) electrons. The van der Waals surface area contributed by atoms with E-state index in [4.69, 9.17) is 11.6 Å². The molecule has 2 aromatic heterocycles. The molecule has 0 fully saturated rings. The summed E-state index contributed by atoms with van der Waals surface area (Å²) in [6.07, 6.45) is 1.17. The Morgan fingerprint density at radius 3 is 2.50 bits per heavy atom. The number of halogens is 1. The average molecular weight is 411 g/mol. The van der Waals surface area contributed by atoms with Crippen molar-refractivity contribution in [3.8, 4) is 5.69 Å². The van der Waals surface area contributed by atoms with Gasteiger partial charge in [-0.3, -0.25) is 19.5 Å². The number of benzene rings is 2. The highest BCUT2D eigenvalue weighted by Gasteiger charge is 2.17. The fourth-order valence-corrected chi connectivity index (χ4v) is 3.73. The maximum Gasteiger partial charge on any atom is 0.287 e. The second-order valence-electron chi connectivity index (χ2n) is 5.72. The lowest BCUT2D eigenvalue weighted by Crippen LogP contribution is -2.22. The van der Waals surface area contributed by atoms with Crippen molar-refractivity contribution >= 4 is 40.0 Å². The van der Waals surface area contributed by atoms with E-state index in [1.165, 1.54) is 22.9 Å². The van der Waals surface area contributed by atoms with Crippen LogP contribution < -0.4 is 5.56 Å². The molecular weight excluding hydrogens is 400 g/mol. The van der Waals surface area contributed by atoms with Gasteiger partial charge in [-0.25, -0.2) is 9.97 Å². The molecule has 0 amide bonds. The summed E-state index contributed by atoms with van der Waals surface area (Å²) in [5.41, 5.74) is 0.666. The minimum atomic E-state index is -0.518. The van der Waals surface area contributed by atoms with E-state index in [9.17, 15) is 14.9 Å². The number of pyridine rings is 1. The first kappa shape index (κ1) is 18.1. The monoisotopic (exact) mass is 410 g/mol. The van der Waals surface area contributed by atoms with Crippen molar-refractivity contribution in [3.05, 3.63) is 92.4 Å². The number of rotatable bonds is 4. The van der Waals surface area contributed by atoms with Crippen molar-refractivity contribution in [2.75, 3.05) is 0 Å². The molecule has 2 aromatic carbocycles. The van der Waals surface area contributed by atoms with Crippen molar-refractivity contribution in [2.45, 2.75) is 10.2 Å². The van der Waals surface area contributed by atoms with Gasteiger partial charge in [0, 0.05) is 6.07 Å². The predicted octanol–water partition coefficient (Wildman–Crippen LogP) is 4.49. The van der Waals surface area contributed by atoms with Crippen molar-refractivity contribution in [1.29, 1.82) is 0 Å². The van der Waals surface area contributed by atoms with Crippen molar-refractivity contribution < 1.29 is 4.92 Å². The second kappa shape index (κ2) is 7.41. The molecule has 0 bridgehead atoms. The lowest BCUT2D eigenvalue weighted by Gasteiger charge is -2.14. The Morgan fingerprint density at radius 2 is 1.79 bits per heavy atom. The third-order valence-corrected chi connectivity index (χ3v) is 5.19. The summed E-state index contributed by atoms with van der Waals surface area (Å²) in [6.45, 7) is 0. The van der Waals surface area contributed by atoms with Gasteiger partial charge in [0.2, 0.25) is 0 Å². The van der Waals surface area contributed by atoms with E-state index in [2.05, 4.69) is 9.97 Å². The van der Waals surface area contributed by atoms with Crippen LogP contribution in [0.1, 0.15) is 0 Å². The molecule has 28 heavy (non-hydrogen) atoms. The summed E-state index contributed by atoms with van der Waals surface area (Å²) in [6, 6.07) is 16.9. The van der Waals surface area contributed by atoms with Crippen LogP contribution in [0.3, 0.4) is 0 Å². The summed E-state index contributed by atoms with van der Waals surface area (Å²) in [4.78, 5) is 32.2. The fourth-order valence-electron chi connectivity index (χ4n) is 2.66. The highest BCUT2D eigenvalue weighted by molar-refractivity contribution is 7.99. The molecule has 9 heteroatoms. The Balaban J connectivity index is 1.91. The molecule has 0 aliphatic carbocycles. The Bertz CT molecular complexity index is 1260. The molecule has 4 aromatic rings. The van der Waals surface area contributed by atoms with E-state index in [1.807, 2.05) is 0 Å². The van der Waals surface area contributed by atoms with Crippen molar-refractivity contribution in [1.82, 2.24) is 14.5 Å². The molecule has 0 atom stereocenters. The minimum absolute atomic E-state index is 0.112. The molecule has 2 heterocycles. The topological polar surface area (TPSA) is 90.9 Å². The van der Waals surface area contributed by atoms with Crippen LogP contribution in [0.5, 0.6) is 0 Å². The maximum absolute atomic E-state index is 13.2. The number of aromatic nitrogens is 3. The zero-order valence-electron chi connectivity index (χ0n) is 14.2. The van der Waals surface area contributed by atoms with Crippen LogP contribution in [-0.2, 0) is 0 Å². The zero-order valence-corrected chi connectivity index (χ0v) is 15.7. The van der Waals surface area contributed by atoms with E-state index in [0.717, 1.165) is 11.8 Å². The molecule has 7 nitrogen and oxygen atoms in total. The molecule has 0 N–H and O–H groups in total. The van der Waals surface area contributed by atoms with Gasteiger partial charge in [0.15, 0.2) is 5.16 Å². The van der Waals surface area contributed by atoms with Crippen molar-refractivity contribution in [3.63, 3.8) is 0 Å². The smallest absolute Gasteiger partial charge is 0.268 e. The highest BCUT2D eigenvalue weighted by atomic mass is 35.5. The summed E-state index contributed by atoms with van der Waals surface area (Å²) in [5.74, 6) is 0. The molecule has 0 aliphatic rings. The van der Waals surface area contributed by atoms with Crippen LogP contribution in [0, 0.1) is 10.1 Å². The first-order valence-corrected chi connectivity index (χ1v) is 9.29. The molecule has 0 spiro atoms. The third kappa shape index (κ3) is 3.35. The van der Waals surface area contributed by atoms with Gasteiger partial charge < -0.3 is 0 Å². The van der Waals surface area contributed by atoms with Crippen LogP contribution in [0.25, 0.3) is 16.6 Å². The number of nitrogens with zero attached hydrogens (tertiary/aromatic N) is 4. The zero-order chi connectivity index (χ0) is 19.7. The largest absolute Gasteiger partial charge is 0.287 e. The minimum Gasteiger partial charge on any atom is -0.268 e. The first-order valence-electron chi connectivity index (χ1n) is 8.09. The van der Waals surface area contributed by atoms with Crippen LogP contribution in [-0.4, -0.2) is 19.5 Å². The van der Waals surface area contributed by atoms with Crippen LogP contribution >= 0.6 is 23.4 Å². The standard InChI is InChI=1S/C19H11ClN4O3S/c20-14-6-2-4-8-16(14)23-18(25)13-5-1-3-7-15(13)22-19(23)28-17-10-9-12(11-21-17)24(26)27/h1-11H. The molecular formula is C19H11ClN4O3S. The molecule has 0 saturated heterocycles. The molecule has 0 aliphatic heterocycles. The quantitative estimate of drug-likeness (QED) is 0.279. The summed E-state index contributed by atoms with van der Waals surface area (Å²) < 4.78 is 1.43. The summed E-state index contributed by atoms with van der Waals surface area (Å²) in [5, 5.41) is 12.5. The number of nitro groups is 1. The summed E-state index contributed by atoms with van der Waals surface area (Å²) >= 11 is 7.45. The van der Waals surface area contributed by atoms with Crippen molar-refractivity contribution in [2.24, 2.45) is 0 Å². The van der Waals surface area contributed by atoms with Gasteiger partial charge in [0.25, 0.3) is 11.2 Å². The van der Waals surface area contributed by atoms with Gasteiger partial charge in [0.1, 0.15) is 11.2 Å². The van der Waals surface area contributed by atoms with Gasteiger partial charge >= 0.3 is 0 Å². The lowest BCUT2D eigenvalue weighted by atomic mass is 10.2. The van der Waals surface area contributed by atoms with Crippen LogP contribution in [0.2, 0.25) is 5.02 Å². The molecule has 0 saturated carbocycles. The molecule has 0 unspecified atom stereocenters. The van der Waals surface area contributed by atoms with E-state index >= 15 is 0 Å². The Hall–Kier alpha value is -3.23. The average Bonchev–Trinajstić information content (AvgIpc) is 2.70. The van der Waals surface area contributed by atoms with Crippen LogP contribution in [0.15, 0.2) is 81.8 Å². The molecule has 138 valence electrons. The SMILES string of the molecule is O=c1c2ccccc2nc(Sc2ccc([N+](=O)[O-])cn2)n1-c1ccccc1Cl. The normalized spacial score (nSPS) is 10.9. The fraction of sp³-hybridized carbons (Fsp3) is 0. The van der Waals surface area contributed by atoms with Crippen LogP contribution in [0.4, 0.5) is 5.69 Å². The maximum atomic E-state index is 13.2. The molecule has 4 rings (SSSR count). The Kier molecular flexibility index (Phi) is 4.81. The number of hydrogen-bond donors (Lipinski definition) is 0.